The molecule has 0 aromatic rings. The van der Waals surface area contributed by atoms with Crippen LogP contribution < -0.4 is 0 Å². The molecule has 0 rings (SSSR count). The van der Waals surface area contributed by atoms with E-state index in [0.29, 0.717) is 0 Å². The summed E-state index contributed by atoms with van der Waals surface area (Å²) in [7, 11) is 3.43. The number of hydrogen-bond acceptors (Lipinski definition) is 0. The van der Waals surface area contributed by atoms with Crippen molar-refractivity contribution in [3.05, 3.63) is 0 Å². The van der Waals surface area contributed by atoms with Gasteiger partial charge in [0.2, 0.25) is 0 Å². The van der Waals surface area contributed by atoms with Crippen LogP contribution >= 0.6 is 16.5 Å². The largest absolute Gasteiger partial charge is 0.0654 e. The van der Waals surface area contributed by atoms with E-state index in [1.54, 1.807) is 16.5 Å². The SMILES string of the molecule is CCCCCCCCCCCCCCCCCCCC[P][P]CCCCCCCCCCCCCCCCCCCC. The molecule has 0 aliphatic heterocycles. The first-order valence-corrected chi connectivity index (χ1v) is 23.1. The van der Waals surface area contributed by atoms with E-state index in [9.17, 15) is 0 Å². The van der Waals surface area contributed by atoms with Gasteiger partial charge in [-0.25, -0.2) is 0 Å². The number of hydrogen-bond donors (Lipinski definition) is 0. The lowest BCUT2D eigenvalue weighted by molar-refractivity contribution is 0.526. The van der Waals surface area contributed by atoms with Crippen LogP contribution in [0.3, 0.4) is 0 Å². The monoisotopic (exact) mass is 625 g/mol. The van der Waals surface area contributed by atoms with Crippen LogP contribution in [-0.2, 0) is 0 Å². The molecule has 42 heavy (non-hydrogen) atoms. The van der Waals surface area contributed by atoms with E-state index in [2.05, 4.69) is 13.8 Å². The van der Waals surface area contributed by atoms with Crippen LogP contribution in [0.2, 0.25) is 0 Å². The Balaban J connectivity index is 3.02. The molecule has 0 aromatic heterocycles. The Bertz CT molecular complexity index is 397. The molecule has 0 saturated heterocycles. The molecule has 0 unspecified atom stereocenters. The zero-order valence-corrected chi connectivity index (χ0v) is 31.6. The first kappa shape index (κ1) is 42.9. The minimum atomic E-state index is 1.37. The zero-order chi connectivity index (χ0) is 30.3. The van der Waals surface area contributed by atoms with Gasteiger partial charge in [-0.15, -0.1) is 0 Å². The molecule has 0 spiro atoms. The highest BCUT2D eigenvalue weighted by Gasteiger charge is 1.98. The van der Waals surface area contributed by atoms with E-state index in [-0.39, 0.29) is 0 Å². The highest BCUT2D eigenvalue weighted by Crippen LogP contribution is 2.38. The van der Waals surface area contributed by atoms with Crippen molar-refractivity contribution in [2.24, 2.45) is 0 Å². The van der Waals surface area contributed by atoms with E-state index in [1.165, 1.54) is 243 Å². The smallest absolute Gasteiger partial charge is 0.0242 e. The Kier molecular flexibility index (Phi) is 42.7. The summed E-state index contributed by atoms with van der Waals surface area (Å²) in [5.74, 6) is 0. The molecule has 0 aromatic carbocycles. The maximum absolute atomic E-state index is 2.31. The summed E-state index contributed by atoms with van der Waals surface area (Å²) in [4.78, 5) is 0. The summed E-state index contributed by atoms with van der Waals surface area (Å²) in [5.41, 5.74) is 0. The predicted octanol–water partition coefficient (Wildman–Crippen LogP) is 16.9. The van der Waals surface area contributed by atoms with Crippen LogP contribution in [-0.4, -0.2) is 12.3 Å². The van der Waals surface area contributed by atoms with Gasteiger partial charge in [-0.05, 0) is 41.7 Å². The van der Waals surface area contributed by atoms with Gasteiger partial charge in [0.05, 0.1) is 0 Å². The fourth-order valence-electron chi connectivity index (χ4n) is 6.31. The zero-order valence-electron chi connectivity index (χ0n) is 29.8. The van der Waals surface area contributed by atoms with E-state index in [1.807, 2.05) is 0 Å². The van der Waals surface area contributed by atoms with Crippen molar-refractivity contribution in [1.29, 1.82) is 0 Å². The second-order valence-electron chi connectivity index (χ2n) is 13.8. The van der Waals surface area contributed by atoms with Crippen LogP contribution in [0, 0.1) is 0 Å². The minimum absolute atomic E-state index is 1.37. The minimum Gasteiger partial charge on any atom is -0.0654 e. The van der Waals surface area contributed by atoms with Crippen LogP contribution in [0.25, 0.3) is 0 Å². The Hall–Kier alpha value is 0.860. The Morgan fingerprint density at radius 2 is 0.333 bits per heavy atom. The molecule has 0 fully saturated rings. The molecule has 0 atom stereocenters. The Morgan fingerprint density at radius 3 is 0.500 bits per heavy atom. The number of rotatable bonds is 39. The topological polar surface area (TPSA) is 0 Å². The van der Waals surface area contributed by atoms with Crippen molar-refractivity contribution in [2.45, 2.75) is 245 Å². The Labute approximate surface area is 273 Å². The molecular formula is C40H82P2. The average Bonchev–Trinajstić information content (AvgIpc) is 3.00. The van der Waals surface area contributed by atoms with Crippen LogP contribution in [0.15, 0.2) is 0 Å². The summed E-state index contributed by atoms with van der Waals surface area (Å²) < 4.78 is 0. The predicted molar refractivity (Wildman–Crippen MR) is 201 cm³/mol. The van der Waals surface area contributed by atoms with Gasteiger partial charge in [0, 0.05) is 0 Å². The molecule has 0 nitrogen and oxygen atoms in total. The van der Waals surface area contributed by atoms with Gasteiger partial charge in [-0.3, -0.25) is 0 Å². The average molecular weight is 625 g/mol. The first-order chi connectivity index (χ1) is 20.9. The molecule has 2 heteroatoms. The van der Waals surface area contributed by atoms with Gasteiger partial charge in [0.25, 0.3) is 0 Å². The van der Waals surface area contributed by atoms with Crippen molar-refractivity contribution in [1.82, 2.24) is 0 Å². The lowest BCUT2D eigenvalue weighted by Crippen LogP contribution is -1.84. The third kappa shape index (κ3) is 40.9. The van der Waals surface area contributed by atoms with Crippen LogP contribution in [0.5, 0.6) is 0 Å². The van der Waals surface area contributed by atoms with E-state index < -0.39 is 0 Å². The molecule has 0 aliphatic carbocycles. The summed E-state index contributed by atoms with van der Waals surface area (Å²) in [6.07, 6.45) is 56.2. The molecular weight excluding hydrogens is 542 g/mol. The fourth-order valence-corrected chi connectivity index (χ4v) is 9.02. The lowest BCUT2D eigenvalue weighted by atomic mass is 10.0. The summed E-state index contributed by atoms with van der Waals surface area (Å²) in [6, 6.07) is 0. The first-order valence-electron chi connectivity index (χ1n) is 20.2. The van der Waals surface area contributed by atoms with Crippen molar-refractivity contribution < 1.29 is 0 Å². The second kappa shape index (κ2) is 41.9. The highest BCUT2D eigenvalue weighted by atomic mass is 32.0. The van der Waals surface area contributed by atoms with Crippen molar-refractivity contribution in [3.8, 4) is 0 Å². The standard InChI is InChI=1S/C40H82P2/c1-3-5-7-9-11-13-15-17-19-21-23-25-27-29-31-33-35-37-39-41-42-40-38-36-34-32-30-28-26-24-22-20-18-16-14-12-10-8-6-4-2/h3-40H2,1-2H3. The van der Waals surface area contributed by atoms with Gasteiger partial charge >= 0.3 is 0 Å². The molecule has 0 amide bonds. The molecule has 0 aliphatic rings. The maximum Gasteiger partial charge on any atom is -0.0242 e. The molecule has 0 heterocycles. The third-order valence-electron chi connectivity index (χ3n) is 9.32. The van der Waals surface area contributed by atoms with Crippen molar-refractivity contribution in [3.63, 3.8) is 0 Å². The van der Waals surface area contributed by atoms with Gasteiger partial charge < -0.3 is 0 Å². The van der Waals surface area contributed by atoms with Crippen molar-refractivity contribution in [2.75, 3.05) is 12.3 Å². The number of unbranched alkanes of at least 4 members (excludes halogenated alkanes) is 34. The van der Waals surface area contributed by atoms with Gasteiger partial charge in [0.1, 0.15) is 0 Å². The fraction of sp³-hybridized carbons (Fsp3) is 1.00. The second-order valence-corrected chi connectivity index (χ2v) is 16.9. The van der Waals surface area contributed by atoms with E-state index in [0.717, 1.165) is 0 Å². The quantitative estimate of drug-likeness (QED) is 0.0471. The Morgan fingerprint density at radius 1 is 0.190 bits per heavy atom. The van der Waals surface area contributed by atoms with Gasteiger partial charge in [-0.1, -0.05) is 232 Å². The summed E-state index contributed by atoms with van der Waals surface area (Å²) in [5, 5.41) is 0. The molecule has 2 radical (unpaired) electrons. The van der Waals surface area contributed by atoms with Crippen molar-refractivity contribution >= 4 is 16.5 Å². The van der Waals surface area contributed by atoms with Gasteiger partial charge in [-0.2, -0.15) is 0 Å². The molecule has 252 valence electrons. The van der Waals surface area contributed by atoms with Crippen LogP contribution in [0.4, 0.5) is 0 Å². The van der Waals surface area contributed by atoms with Gasteiger partial charge in [0.15, 0.2) is 0 Å². The van der Waals surface area contributed by atoms with E-state index >= 15 is 0 Å². The molecule has 0 saturated carbocycles. The molecule has 0 N–H and O–H groups in total. The van der Waals surface area contributed by atoms with Crippen LogP contribution in [0.1, 0.15) is 245 Å². The highest BCUT2D eigenvalue weighted by molar-refractivity contribution is 8.11. The molecule has 0 bridgehead atoms. The normalized spacial score (nSPS) is 12.1. The summed E-state index contributed by atoms with van der Waals surface area (Å²) in [6.45, 7) is 4.62. The lowest BCUT2D eigenvalue weighted by Gasteiger charge is -2.04. The summed E-state index contributed by atoms with van der Waals surface area (Å²) >= 11 is 0. The maximum atomic E-state index is 2.31. The van der Waals surface area contributed by atoms with E-state index in [4.69, 9.17) is 0 Å². The third-order valence-corrected chi connectivity index (χ3v) is 12.4.